The molecule has 0 bridgehead atoms. The summed E-state index contributed by atoms with van der Waals surface area (Å²) in [7, 11) is -3.56. The summed E-state index contributed by atoms with van der Waals surface area (Å²) in [6.07, 6.45) is 3.62. The molecule has 1 fully saturated rings. The van der Waals surface area contributed by atoms with E-state index in [1.54, 1.807) is 6.07 Å². The van der Waals surface area contributed by atoms with E-state index in [9.17, 15) is 8.42 Å². The molecule has 0 spiro atoms. The minimum Gasteiger partial charge on any atom is -0.315 e. The first-order valence-corrected chi connectivity index (χ1v) is 6.17. The van der Waals surface area contributed by atoms with Crippen LogP contribution in [0.3, 0.4) is 0 Å². The summed E-state index contributed by atoms with van der Waals surface area (Å²) in [6.45, 7) is 1.49. The molecular formula is C8H12N4O2S. The molecule has 1 aliphatic heterocycles. The van der Waals surface area contributed by atoms with Crippen molar-refractivity contribution >= 4 is 10.0 Å². The minimum absolute atomic E-state index is 0.0567. The fraction of sp³-hybridized carbons (Fsp3) is 0.500. The number of rotatable bonds is 3. The lowest BCUT2D eigenvalue weighted by molar-refractivity contribution is 0.551. The van der Waals surface area contributed by atoms with Crippen LogP contribution < -0.4 is 10.0 Å². The van der Waals surface area contributed by atoms with Gasteiger partial charge in [0.25, 0.3) is 15.2 Å². The molecule has 0 radical (unpaired) electrons. The number of aromatic nitrogens is 2. The molecule has 82 valence electrons. The van der Waals surface area contributed by atoms with E-state index in [0.29, 0.717) is 6.54 Å². The SMILES string of the molecule is O=S(=O)(N[C@@H]1CCNC1)c1ncccn1. The summed E-state index contributed by atoms with van der Waals surface area (Å²) in [6, 6.07) is 1.52. The maximum atomic E-state index is 11.7. The van der Waals surface area contributed by atoms with Gasteiger partial charge in [0, 0.05) is 25.0 Å². The lowest BCUT2D eigenvalue weighted by Gasteiger charge is -2.09. The predicted octanol–water partition coefficient (Wildman–Crippen LogP) is -0.883. The summed E-state index contributed by atoms with van der Waals surface area (Å²) in [5, 5.41) is 2.91. The Morgan fingerprint density at radius 2 is 2.13 bits per heavy atom. The Hall–Kier alpha value is -1.05. The van der Waals surface area contributed by atoms with E-state index >= 15 is 0 Å². The van der Waals surface area contributed by atoms with Crippen LogP contribution in [-0.4, -0.2) is 37.5 Å². The molecule has 7 heteroatoms. The van der Waals surface area contributed by atoms with Gasteiger partial charge >= 0.3 is 0 Å². The molecule has 1 aromatic heterocycles. The van der Waals surface area contributed by atoms with Gasteiger partial charge in [-0.3, -0.25) is 0 Å². The molecular weight excluding hydrogens is 216 g/mol. The van der Waals surface area contributed by atoms with Gasteiger partial charge in [-0.25, -0.2) is 23.1 Å². The first-order valence-electron chi connectivity index (χ1n) is 4.68. The van der Waals surface area contributed by atoms with E-state index in [1.165, 1.54) is 12.4 Å². The number of sulfonamides is 1. The third-order valence-corrected chi connectivity index (χ3v) is 3.50. The first-order chi connectivity index (χ1) is 7.18. The van der Waals surface area contributed by atoms with E-state index in [4.69, 9.17) is 0 Å². The molecule has 1 atom stereocenters. The standard InChI is InChI=1S/C8H12N4O2S/c13-15(14,8-10-3-1-4-11-8)12-7-2-5-9-6-7/h1,3-4,7,9,12H,2,5-6H2/t7-/m1/s1. The summed E-state index contributed by atoms with van der Waals surface area (Å²) in [4.78, 5) is 7.42. The van der Waals surface area contributed by atoms with Crippen molar-refractivity contribution in [3.05, 3.63) is 18.5 Å². The summed E-state index contributed by atoms with van der Waals surface area (Å²) in [5.74, 6) is 0. The van der Waals surface area contributed by atoms with Gasteiger partial charge in [0.2, 0.25) is 0 Å². The van der Waals surface area contributed by atoms with Gasteiger partial charge in [-0.05, 0) is 19.0 Å². The van der Waals surface area contributed by atoms with Crippen molar-refractivity contribution in [2.24, 2.45) is 0 Å². The predicted molar refractivity (Wildman–Crippen MR) is 53.6 cm³/mol. The highest BCUT2D eigenvalue weighted by molar-refractivity contribution is 7.89. The van der Waals surface area contributed by atoms with Gasteiger partial charge < -0.3 is 5.32 Å². The highest BCUT2D eigenvalue weighted by Gasteiger charge is 2.24. The van der Waals surface area contributed by atoms with Gasteiger partial charge in [0.05, 0.1) is 0 Å². The Labute approximate surface area is 88.2 Å². The van der Waals surface area contributed by atoms with Crippen LogP contribution >= 0.6 is 0 Å². The van der Waals surface area contributed by atoms with Crippen molar-refractivity contribution in [1.29, 1.82) is 0 Å². The number of hydrogen-bond acceptors (Lipinski definition) is 5. The van der Waals surface area contributed by atoms with Crippen molar-refractivity contribution in [3.8, 4) is 0 Å². The molecule has 0 aliphatic carbocycles. The van der Waals surface area contributed by atoms with Crippen LogP contribution in [0.2, 0.25) is 0 Å². The van der Waals surface area contributed by atoms with Crippen molar-refractivity contribution in [2.45, 2.75) is 17.6 Å². The second-order valence-electron chi connectivity index (χ2n) is 3.34. The van der Waals surface area contributed by atoms with E-state index < -0.39 is 10.0 Å². The second kappa shape index (κ2) is 4.21. The largest absolute Gasteiger partial charge is 0.315 e. The Bertz CT molecular complexity index is 414. The fourth-order valence-corrected chi connectivity index (χ4v) is 2.60. The zero-order chi connectivity index (χ0) is 10.7. The molecule has 6 nitrogen and oxygen atoms in total. The highest BCUT2D eigenvalue weighted by atomic mass is 32.2. The van der Waals surface area contributed by atoms with Gasteiger partial charge in [-0.15, -0.1) is 0 Å². The monoisotopic (exact) mass is 228 g/mol. The molecule has 0 aromatic carbocycles. The van der Waals surface area contributed by atoms with Crippen LogP contribution in [0.15, 0.2) is 23.6 Å². The van der Waals surface area contributed by atoms with Gasteiger partial charge in [0.1, 0.15) is 0 Å². The normalized spacial score (nSPS) is 21.7. The second-order valence-corrected chi connectivity index (χ2v) is 4.95. The lowest BCUT2D eigenvalue weighted by Crippen LogP contribution is -2.36. The molecule has 0 unspecified atom stereocenters. The lowest BCUT2D eigenvalue weighted by atomic mass is 10.3. The average molecular weight is 228 g/mol. The molecule has 0 saturated carbocycles. The Morgan fingerprint density at radius 3 is 2.73 bits per heavy atom. The van der Waals surface area contributed by atoms with Crippen LogP contribution in [0.5, 0.6) is 0 Å². The molecule has 1 aliphatic rings. The Morgan fingerprint density at radius 1 is 1.40 bits per heavy atom. The Kier molecular flexibility index (Phi) is 2.94. The minimum atomic E-state index is -3.56. The van der Waals surface area contributed by atoms with Crippen LogP contribution in [-0.2, 0) is 10.0 Å². The van der Waals surface area contributed by atoms with Gasteiger partial charge in [-0.2, -0.15) is 0 Å². The third kappa shape index (κ3) is 2.49. The molecule has 1 saturated heterocycles. The Balaban J connectivity index is 2.13. The molecule has 2 N–H and O–H groups in total. The average Bonchev–Trinajstić information content (AvgIpc) is 2.71. The molecule has 0 amide bonds. The van der Waals surface area contributed by atoms with E-state index in [-0.39, 0.29) is 11.2 Å². The number of nitrogens with one attached hydrogen (secondary N) is 2. The fourth-order valence-electron chi connectivity index (χ4n) is 1.45. The number of hydrogen-bond donors (Lipinski definition) is 2. The van der Waals surface area contributed by atoms with Gasteiger partial charge in [-0.1, -0.05) is 0 Å². The zero-order valence-electron chi connectivity index (χ0n) is 8.05. The van der Waals surface area contributed by atoms with Crippen molar-refractivity contribution in [1.82, 2.24) is 20.0 Å². The summed E-state index contributed by atoms with van der Waals surface area (Å²) >= 11 is 0. The number of nitrogens with zero attached hydrogens (tertiary/aromatic N) is 2. The molecule has 1 aromatic rings. The first kappa shape index (κ1) is 10.5. The quantitative estimate of drug-likeness (QED) is 0.656. The van der Waals surface area contributed by atoms with Gasteiger partial charge in [0.15, 0.2) is 0 Å². The van der Waals surface area contributed by atoms with Crippen molar-refractivity contribution in [3.63, 3.8) is 0 Å². The maximum absolute atomic E-state index is 11.7. The van der Waals surface area contributed by atoms with Crippen LogP contribution in [0.1, 0.15) is 6.42 Å². The third-order valence-electron chi connectivity index (χ3n) is 2.16. The van der Waals surface area contributed by atoms with Crippen LogP contribution in [0.4, 0.5) is 0 Å². The topological polar surface area (TPSA) is 84.0 Å². The molecule has 2 heterocycles. The smallest absolute Gasteiger partial charge is 0.276 e. The summed E-state index contributed by atoms with van der Waals surface area (Å²) < 4.78 is 26.0. The van der Waals surface area contributed by atoms with E-state index in [0.717, 1.165) is 13.0 Å². The van der Waals surface area contributed by atoms with Crippen LogP contribution in [0, 0.1) is 0 Å². The van der Waals surface area contributed by atoms with Crippen LogP contribution in [0.25, 0.3) is 0 Å². The van der Waals surface area contributed by atoms with Crippen molar-refractivity contribution < 1.29 is 8.42 Å². The summed E-state index contributed by atoms with van der Waals surface area (Å²) in [5.41, 5.74) is 0. The van der Waals surface area contributed by atoms with Crippen molar-refractivity contribution in [2.75, 3.05) is 13.1 Å². The maximum Gasteiger partial charge on any atom is 0.276 e. The highest BCUT2D eigenvalue weighted by Crippen LogP contribution is 2.04. The molecule has 15 heavy (non-hydrogen) atoms. The van der Waals surface area contributed by atoms with E-state index in [2.05, 4.69) is 20.0 Å². The van der Waals surface area contributed by atoms with E-state index in [1.807, 2.05) is 0 Å². The molecule has 2 rings (SSSR count). The zero-order valence-corrected chi connectivity index (χ0v) is 8.87.